The summed E-state index contributed by atoms with van der Waals surface area (Å²) in [6, 6.07) is 3.61. The first-order valence-corrected chi connectivity index (χ1v) is 6.39. The van der Waals surface area contributed by atoms with Gasteiger partial charge in [-0.15, -0.1) is 0 Å². The Morgan fingerprint density at radius 1 is 1.50 bits per heavy atom. The Morgan fingerprint density at radius 2 is 2.39 bits per heavy atom. The molecule has 0 bridgehead atoms. The number of halogens is 1. The number of pyridine rings is 1. The second-order valence-corrected chi connectivity index (χ2v) is 4.99. The fourth-order valence-corrected chi connectivity index (χ4v) is 2.36. The highest BCUT2D eigenvalue weighted by atomic mass is 79.9. The number of rotatable bonds is 2. The van der Waals surface area contributed by atoms with Gasteiger partial charge in [-0.25, -0.2) is 0 Å². The number of nitrogens with one attached hydrogen (secondary N) is 1. The minimum Gasteiger partial charge on any atom is -0.392 e. The minimum absolute atomic E-state index is 0.0799. The van der Waals surface area contributed by atoms with Crippen LogP contribution in [0.5, 0.6) is 0 Å². The van der Waals surface area contributed by atoms with Gasteiger partial charge in [0.05, 0.1) is 12.1 Å². The van der Waals surface area contributed by atoms with Gasteiger partial charge in [-0.3, -0.25) is 4.98 Å². The molecule has 3 heterocycles. The van der Waals surface area contributed by atoms with Crippen molar-refractivity contribution in [3.8, 4) is 11.5 Å². The van der Waals surface area contributed by atoms with Crippen LogP contribution in [-0.2, 0) is 0 Å². The molecule has 0 unspecified atom stereocenters. The summed E-state index contributed by atoms with van der Waals surface area (Å²) in [5, 5.41) is 16.5. The van der Waals surface area contributed by atoms with E-state index in [2.05, 4.69) is 36.4 Å². The Morgan fingerprint density at radius 3 is 3.11 bits per heavy atom. The average molecular weight is 311 g/mol. The van der Waals surface area contributed by atoms with Gasteiger partial charge in [0.25, 0.3) is 0 Å². The number of hydrogen-bond donors (Lipinski definition) is 2. The van der Waals surface area contributed by atoms with Gasteiger partial charge in [0.2, 0.25) is 11.7 Å². The van der Waals surface area contributed by atoms with Crippen LogP contribution in [0.2, 0.25) is 0 Å². The highest BCUT2D eigenvalue weighted by molar-refractivity contribution is 9.10. The molecule has 0 aromatic carbocycles. The third-order valence-corrected chi connectivity index (χ3v) is 3.46. The molecule has 2 N–H and O–H groups in total. The maximum atomic E-state index is 9.46. The van der Waals surface area contributed by atoms with E-state index in [1.54, 1.807) is 6.20 Å². The Labute approximate surface area is 112 Å². The molecule has 0 amide bonds. The van der Waals surface area contributed by atoms with Crippen molar-refractivity contribution in [1.82, 2.24) is 20.4 Å². The van der Waals surface area contributed by atoms with Gasteiger partial charge in [-0.05, 0) is 34.5 Å². The summed E-state index contributed by atoms with van der Waals surface area (Å²) < 4.78 is 6.03. The molecule has 18 heavy (non-hydrogen) atoms. The van der Waals surface area contributed by atoms with Crippen LogP contribution < -0.4 is 5.32 Å². The smallest absolute Gasteiger partial charge is 0.244 e. The van der Waals surface area contributed by atoms with E-state index in [9.17, 15) is 5.11 Å². The van der Waals surface area contributed by atoms with Crippen molar-refractivity contribution in [2.24, 2.45) is 0 Å². The largest absolute Gasteiger partial charge is 0.392 e. The van der Waals surface area contributed by atoms with Crippen molar-refractivity contribution >= 4 is 15.9 Å². The fraction of sp³-hybridized carbons (Fsp3) is 0.364. The second kappa shape index (κ2) is 4.75. The summed E-state index contributed by atoms with van der Waals surface area (Å²) in [7, 11) is 0. The number of β-amino-alcohol motifs (C(OH)–C–C–N with tert-alkyl or cyclic N) is 1. The molecule has 94 valence electrons. The fourth-order valence-electron chi connectivity index (χ4n) is 1.93. The van der Waals surface area contributed by atoms with Crippen LogP contribution in [0.4, 0.5) is 0 Å². The zero-order valence-corrected chi connectivity index (χ0v) is 11.0. The molecular formula is C11H11BrN4O2. The SMILES string of the molecule is O[C@H]1CN[C@H](c2nc(-c3ncccc3Br)no2)C1. The average Bonchev–Trinajstić information content (AvgIpc) is 2.98. The van der Waals surface area contributed by atoms with E-state index in [4.69, 9.17) is 4.52 Å². The monoisotopic (exact) mass is 310 g/mol. The van der Waals surface area contributed by atoms with Gasteiger partial charge in [-0.1, -0.05) is 5.16 Å². The summed E-state index contributed by atoms with van der Waals surface area (Å²) in [6.45, 7) is 0.551. The first-order chi connectivity index (χ1) is 8.74. The second-order valence-electron chi connectivity index (χ2n) is 4.14. The van der Waals surface area contributed by atoms with E-state index in [-0.39, 0.29) is 12.1 Å². The molecule has 2 aromatic heterocycles. The Bertz CT molecular complexity index is 559. The maximum absolute atomic E-state index is 9.46. The standard InChI is InChI=1S/C11H11BrN4O2/c12-7-2-1-3-13-9(7)10-15-11(18-16-10)8-4-6(17)5-14-8/h1-3,6,8,14,17H,4-5H2/t6-,8+/m1/s1. The first kappa shape index (κ1) is 11.8. The van der Waals surface area contributed by atoms with Crippen molar-refractivity contribution < 1.29 is 9.63 Å². The zero-order chi connectivity index (χ0) is 12.5. The predicted octanol–water partition coefficient (Wildman–Crippen LogP) is 1.29. The molecule has 3 rings (SSSR count). The summed E-state index contributed by atoms with van der Waals surface area (Å²) in [5.41, 5.74) is 0.644. The van der Waals surface area contributed by atoms with Gasteiger partial charge in [0, 0.05) is 17.2 Å². The number of aliphatic hydroxyl groups excluding tert-OH is 1. The quantitative estimate of drug-likeness (QED) is 0.869. The molecule has 0 aliphatic carbocycles. The van der Waals surface area contributed by atoms with Crippen LogP contribution >= 0.6 is 15.9 Å². The molecule has 2 atom stereocenters. The lowest BCUT2D eigenvalue weighted by Gasteiger charge is -2.01. The van der Waals surface area contributed by atoms with Crippen LogP contribution in [0.25, 0.3) is 11.5 Å². The number of nitrogens with zero attached hydrogens (tertiary/aromatic N) is 3. The van der Waals surface area contributed by atoms with E-state index < -0.39 is 0 Å². The number of hydrogen-bond acceptors (Lipinski definition) is 6. The van der Waals surface area contributed by atoms with Crippen molar-refractivity contribution in [2.75, 3.05) is 6.54 Å². The Kier molecular flexibility index (Phi) is 3.11. The van der Waals surface area contributed by atoms with Crippen molar-refractivity contribution in [3.05, 3.63) is 28.7 Å². The topological polar surface area (TPSA) is 84.1 Å². The van der Waals surface area contributed by atoms with Gasteiger partial charge in [0.15, 0.2) is 0 Å². The molecule has 7 heteroatoms. The van der Waals surface area contributed by atoms with E-state index in [0.29, 0.717) is 30.4 Å². The van der Waals surface area contributed by atoms with Crippen LogP contribution in [0.1, 0.15) is 18.4 Å². The molecule has 1 saturated heterocycles. The predicted molar refractivity (Wildman–Crippen MR) is 66.6 cm³/mol. The Balaban J connectivity index is 1.88. The van der Waals surface area contributed by atoms with E-state index in [1.165, 1.54) is 0 Å². The van der Waals surface area contributed by atoms with Gasteiger partial charge in [-0.2, -0.15) is 4.98 Å². The lowest BCUT2D eigenvalue weighted by atomic mass is 10.2. The molecule has 1 aliphatic rings. The molecule has 2 aromatic rings. The van der Waals surface area contributed by atoms with Crippen molar-refractivity contribution in [1.29, 1.82) is 0 Å². The number of aromatic nitrogens is 3. The molecule has 0 spiro atoms. The summed E-state index contributed by atoms with van der Waals surface area (Å²) in [6.07, 6.45) is 1.91. The third kappa shape index (κ3) is 2.16. The summed E-state index contributed by atoms with van der Waals surface area (Å²) in [5.74, 6) is 0.930. The molecule has 0 saturated carbocycles. The molecule has 0 radical (unpaired) electrons. The lowest BCUT2D eigenvalue weighted by molar-refractivity contribution is 0.191. The van der Waals surface area contributed by atoms with Crippen molar-refractivity contribution in [3.63, 3.8) is 0 Å². The molecule has 6 nitrogen and oxygen atoms in total. The first-order valence-electron chi connectivity index (χ1n) is 5.60. The van der Waals surface area contributed by atoms with E-state index in [1.807, 2.05) is 12.1 Å². The van der Waals surface area contributed by atoms with Crippen LogP contribution in [0, 0.1) is 0 Å². The van der Waals surface area contributed by atoms with E-state index in [0.717, 1.165) is 4.47 Å². The van der Waals surface area contributed by atoms with Gasteiger partial charge < -0.3 is 14.9 Å². The van der Waals surface area contributed by atoms with E-state index >= 15 is 0 Å². The highest BCUT2D eigenvalue weighted by Crippen LogP contribution is 2.26. The summed E-state index contributed by atoms with van der Waals surface area (Å²) in [4.78, 5) is 8.52. The minimum atomic E-state index is -0.355. The van der Waals surface area contributed by atoms with Crippen LogP contribution in [0.3, 0.4) is 0 Å². The van der Waals surface area contributed by atoms with Gasteiger partial charge >= 0.3 is 0 Å². The summed E-state index contributed by atoms with van der Waals surface area (Å²) >= 11 is 3.40. The Hall–Kier alpha value is -1.31. The molecule has 1 aliphatic heterocycles. The van der Waals surface area contributed by atoms with Gasteiger partial charge in [0.1, 0.15) is 5.69 Å². The molecular weight excluding hydrogens is 300 g/mol. The highest BCUT2D eigenvalue weighted by Gasteiger charge is 2.28. The lowest BCUT2D eigenvalue weighted by Crippen LogP contribution is -2.15. The van der Waals surface area contributed by atoms with Crippen molar-refractivity contribution in [2.45, 2.75) is 18.6 Å². The van der Waals surface area contributed by atoms with Crippen LogP contribution in [-0.4, -0.2) is 32.9 Å². The normalized spacial score (nSPS) is 23.4. The maximum Gasteiger partial charge on any atom is 0.244 e. The number of aliphatic hydroxyl groups is 1. The van der Waals surface area contributed by atoms with Crippen LogP contribution in [0.15, 0.2) is 27.3 Å². The third-order valence-electron chi connectivity index (χ3n) is 2.82. The zero-order valence-electron chi connectivity index (χ0n) is 9.38. The molecule has 1 fully saturated rings.